The Labute approximate surface area is 170 Å². The minimum absolute atomic E-state index is 0.139. The number of benzene rings is 1. The average molecular weight is 401 g/mol. The first-order valence-corrected chi connectivity index (χ1v) is 9.66. The van der Waals surface area contributed by atoms with Gasteiger partial charge in [0.1, 0.15) is 17.5 Å². The van der Waals surface area contributed by atoms with E-state index in [0.717, 1.165) is 11.3 Å². The van der Waals surface area contributed by atoms with Crippen molar-refractivity contribution in [3.63, 3.8) is 0 Å². The summed E-state index contributed by atoms with van der Waals surface area (Å²) in [5.41, 5.74) is 1.87. The SMILES string of the molecule is CCOC(=O)CCNC(=O)N1CCn2cccc2[C@H]1c1ccc(OC)cc1OC. The fraction of sp³-hybridized carbons (Fsp3) is 0.429. The summed E-state index contributed by atoms with van der Waals surface area (Å²) < 4.78 is 17.9. The van der Waals surface area contributed by atoms with Gasteiger partial charge in [-0.1, -0.05) is 0 Å². The molecule has 2 aromatic rings. The van der Waals surface area contributed by atoms with E-state index in [1.54, 1.807) is 26.0 Å². The number of hydrogen-bond acceptors (Lipinski definition) is 5. The lowest BCUT2D eigenvalue weighted by molar-refractivity contribution is -0.142. The van der Waals surface area contributed by atoms with Crippen LogP contribution in [0.25, 0.3) is 0 Å². The maximum Gasteiger partial charge on any atom is 0.318 e. The second-order valence-corrected chi connectivity index (χ2v) is 6.62. The molecule has 2 heterocycles. The normalized spacial score (nSPS) is 15.4. The third-order valence-corrected chi connectivity index (χ3v) is 4.95. The minimum atomic E-state index is -0.325. The first-order chi connectivity index (χ1) is 14.1. The molecule has 29 heavy (non-hydrogen) atoms. The highest BCUT2D eigenvalue weighted by Crippen LogP contribution is 2.38. The van der Waals surface area contributed by atoms with Crippen LogP contribution in [0.5, 0.6) is 11.5 Å². The van der Waals surface area contributed by atoms with Gasteiger partial charge in [-0.2, -0.15) is 0 Å². The van der Waals surface area contributed by atoms with Crippen LogP contribution >= 0.6 is 0 Å². The third-order valence-electron chi connectivity index (χ3n) is 4.95. The van der Waals surface area contributed by atoms with E-state index in [-0.39, 0.29) is 31.0 Å². The van der Waals surface area contributed by atoms with Crippen LogP contribution in [-0.2, 0) is 16.1 Å². The molecule has 1 N–H and O–H groups in total. The fourth-order valence-electron chi connectivity index (χ4n) is 3.58. The van der Waals surface area contributed by atoms with Crippen molar-refractivity contribution in [2.75, 3.05) is 33.9 Å². The molecule has 0 radical (unpaired) electrons. The van der Waals surface area contributed by atoms with Crippen LogP contribution in [0.15, 0.2) is 36.5 Å². The highest BCUT2D eigenvalue weighted by molar-refractivity contribution is 5.77. The molecule has 1 atom stereocenters. The number of ether oxygens (including phenoxy) is 3. The number of esters is 1. The molecule has 156 valence electrons. The van der Waals surface area contributed by atoms with E-state index in [1.165, 1.54) is 0 Å². The number of urea groups is 1. The quantitative estimate of drug-likeness (QED) is 0.721. The van der Waals surface area contributed by atoms with E-state index in [2.05, 4.69) is 9.88 Å². The number of fused-ring (bicyclic) bond motifs is 1. The molecule has 0 spiro atoms. The summed E-state index contributed by atoms with van der Waals surface area (Å²) in [5.74, 6) is 1.00. The maximum atomic E-state index is 13.0. The van der Waals surface area contributed by atoms with Crippen LogP contribution in [0.2, 0.25) is 0 Å². The molecule has 2 amide bonds. The Hall–Kier alpha value is -3.16. The number of carbonyl (C=O) groups is 2. The Balaban J connectivity index is 1.85. The molecule has 0 bridgehead atoms. The zero-order valence-electron chi connectivity index (χ0n) is 17.0. The van der Waals surface area contributed by atoms with E-state index in [0.29, 0.717) is 31.2 Å². The summed E-state index contributed by atoms with van der Waals surface area (Å²) in [6.07, 6.45) is 2.15. The summed E-state index contributed by atoms with van der Waals surface area (Å²) in [5, 5.41) is 2.84. The zero-order chi connectivity index (χ0) is 20.8. The van der Waals surface area contributed by atoms with Crippen LogP contribution in [0.1, 0.15) is 30.6 Å². The van der Waals surface area contributed by atoms with Gasteiger partial charge in [-0.05, 0) is 31.2 Å². The standard InChI is InChI=1S/C21H27N3O5/c1-4-29-19(25)9-10-22-21(26)24-13-12-23-11-5-6-17(23)20(24)16-8-7-15(27-2)14-18(16)28-3/h5-8,11,14,20H,4,9-10,12-13H2,1-3H3,(H,22,26)/t20-/m1/s1. The topological polar surface area (TPSA) is 82.0 Å². The smallest absolute Gasteiger partial charge is 0.318 e. The first kappa shape index (κ1) is 20.6. The molecule has 3 rings (SSSR count). The summed E-state index contributed by atoms with van der Waals surface area (Å²) in [6, 6.07) is 9.02. The van der Waals surface area contributed by atoms with Crippen LogP contribution in [0.3, 0.4) is 0 Å². The van der Waals surface area contributed by atoms with E-state index in [4.69, 9.17) is 14.2 Å². The van der Waals surface area contributed by atoms with Crippen molar-refractivity contribution in [2.24, 2.45) is 0 Å². The fourth-order valence-corrected chi connectivity index (χ4v) is 3.58. The number of carbonyl (C=O) groups excluding carboxylic acids is 2. The van der Waals surface area contributed by atoms with Crippen LogP contribution < -0.4 is 14.8 Å². The lowest BCUT2D eigenvalue weighted by Crippen LogP contribution is -2.47. The molecule has 0 unspecified atom stereocenters. The van der Waals surface area contributed by atoms with Gasteiger partial charge in [0.15, 0.2) is 0 Å². The van der Waals surface area contributed by atoms with Gasteiger partial charge in [0.2, 0.25) is 0 Å². The molecular formula is C21H27N3O5. The second-order valence-electron chi connectivity index (χ2n) is 6.62. The monoisotopic (exact) mass is 401 g/mol. The Bertz CT molecular complexity index is 864. The molecular weight excluding hydrogens is 374 g/mol. The minimum Gasteiger partial charge on any atom is -0.497 e. The predicted molar refractivity (Wildman–Crippen MR) is 107 cm³/mol. The molecule has 1 aromatic heterocycles. The second kappa shape index (κ2) is 9.36. The Morgan fingerprint density at radius 2 is 2.00 bits per heavy atom. The maximum absolute atomic E-state index is 13.0. The van der Waals surface area contributed by atoms with E-state index in [1.807, 2.05) is 36.5 Å². The summed E-state index contributed by atoms with van der Waals surface area (Å²) in [4.78, 5) is 26.3. The lowest BCUT2D eigenvalue weighted by Gasteiger charge is -2.37. The van der Waals surface area contributed by atoms with Crippen molar-refractivity contribution in [3.05, 3.63) is 47.8 Å². The van der Waals surface area contributed by atoms with Gasteiger partial charge in [-0.15, -0.1) is 0 Å². The predicted octanol–water partition coefficient (Wildman–Crippen LogP) is 2.57. The van der Waals surface area contributed by atoms with Crippen LogP contribution in [0, 0.1) is 0 Å². The number of amides is 2. The molecule has 8 heteroatoms. The molecule has 0 saturated heterocycles. The summed E-state index contributed by atoms with van der Waals surface area (Å²) >= 11 is 0. The highest BCUT2D eigenvalue weighted by atomic mass is 16.5. The van der Waals surface area contributed by atoms with Gasteiger partial charge in [0.05, 0.1) is 27.2 Å². The van der Waals surface area contributed by atoms with Crippen molar-refractivity contribution in [2.45, 2.75) is 25.9 Å². The summed E-state index contributed by atoms with van der Waals surface area (Å²) in [6.45, 7) is 3.54. The van der Waals surface area contributed by atoms with E-state index >= 15 is 0 Å². The largest absolute Gasteiger partial charge is 0.497 e. The van der Waals surface area contributed by atoms with Gasteiger partial charge >= 0.3 is 12.0 Å². The van der Waals surface area contributed by atoms with E-state index < -0.39 is 0 Å². The molecule has 0 aliphatic carbocycles. The lowest BCUT2D eigenvalue weighted by atomic mass is 9.99. The zero-order valence-corrected chi connectivity index (χ0v) is 17.0. The third kappa shape index (κ3) is 4.47. The number of rotatable bonds is 7. The Morgan fingerprint density at radius 1 is 1.17 bits per heavy atom. The van der Waals surface area contributed by atoms with E-state index in [9.17, 15) is 9.59 Å². The van der Waals surface area contributed by atoms with Gasteiger partial charge in [-0.3, -0.25) is 4.79 Å². The van der Waals surface area contributed by atoms with Gasteiger partial charge in [-0.25, -0.2) is 4.79 Å². The highest BCUT2D eigenvalue weighted by Gasteiger charge is 2.34. The summed E-state index contributed by atoms with van der Waals surface area (Å²) in [7, 11) is 3.20. The number of nitrogens with one attached hydrogen (secondary N) is 1. The average Bonchev–Trinajstić information content (AvgIpc) is 3.21. The number of nitrogens with zero attached hydrogens (tertiary/aromatic N) is 2. The van der Waals surface area contributed by atoms with Crippen molar-refractivity contribution < 1.29 is 23.8 Å². The molecule has 1 aromatic carbocycles. The van der Waals surface area contributed by atoms with Crippen LogP contribution in [-0.4, -0.2) is 55.4 Å². The number of methoxy groups -OCH3 is 2. The Kier molecular flexibility index (Phi) is 6.64. The Morgan fingerprint density at radius 3 is 2.72 bits per heavy atom. The van der Waals surface area contributed by atoms with Crippen LogP contribution in [0.4, 0.5) is 4.79 Å². The first-order valence-electron chi connectivity index (χ1n) is 9.66. The molecule has 8 nitrogen and oxygen atoms in total. The molecule has 0 saturated carbocycles. The number of hydrogen-bond donors (Lipinski definition) is 1. The van der Waals surface area contributed by atoms with Crippen molar-refractivity contribution in [1.29, 1.82) is 0 Å². The van der Waals surface area contributed by atoms with Gasteiger partial charge in [0, 0.05) is 43.2 Å². The van der Waals surface area contributed by atoms with Crippen molar-refractivity contribution >= 4 is 12.0 Å². The molecule has 1 aliphatic rings. The van der Waals surface area contributed by atoms with Crippen molar-refractivity contribution in [1.82, 2.24) is 14.8 Å². The molecule has 0 fully saturated rings. The number of aromatic nitrogens is 1. The van der Waals surface area contributed by atoms with Crippen molar-refractivity contribution in [3.8, 4) is 11.5 Å². The van der Waals surface area contributed by atoms with Gasteiger partial charge < -0.3 is 29.0 Å². The van der Waals surface area contributed by atoms with Gasteiger partial charge in [0.25, 0.3) is 0 Å². The molecule has 1 aliphatic heterocycles.